The van der Waals surface area contributed by atoms with Crippen molar-refractivity contribution in [3.63, 3.8) is 0 Å². The predicted molar refractivity (Wildman–Crippen MR) is 67.8 cm³/mol. The molecule has 19 heavy (non-hydrogen) atoms. The third kappa shape index (κ3) is 3.66. The monoisotopic (exact) mass is 256 g/mol. The standard InChI is InChI=1S/C13H12N4O2/c14-6-2-4-10-3-1-5-11(7-10)13(18)15-8-12-16-9-19-17-12/h1,3,5,7,9H,6,8,14H2,(H,15,18). The van der Waals surface area contributed by atoms with Crippen LogP contribution >= 0.6 is 0 Å². The molecule has 0 radical (unpaired) electrons. The van der Waals surface area contributed by atoms with Gasteiger partial charge >= 0.3 is 0 Å². The van der Waals surface area contributed by atoms with Gasteiger partial charge in [-0.25, -0.2) is 0 Å². The Kier molecular flexibility index (Phi) is 4.26. The number of aromatic nitrogens is 2. The third-order valence-corrected chi connectivity index (χ3v) is 2.27. The maximum atomic E-state index is 11.9. The molecule has 0 aliphatic rings. The number of carbonyl (C=O) groups excluding carboxylic acids is 1. The van der Waals surface area contributed by atoms with Crippen molar-refractivity contribution < 1.29 is 9.32 Å². The van der Waals surface area contributed by atoms with E-state index in [9.17, 15) is 4.79 Å². The Labute approximate surface area is 110 Å². The molecular weight excluding hydrogens is 244 g/mol. The number of carbonyl (C=O) groups is 1. The highest BCUT2D eigenvalue weighted by Gasteiger charge is 2.07. The lowest BCUT2D eigenvalue weighted by Crippen LogP contribution is -2.23. The average molecular weight is 256 g/mol. The summed E-state index contributed by atoms with van der Waals surface area (Å²) in [6.07, 6.45) is 1.21. The van der Waals surface area contributed by atoms with Crippen LogP contribution in [0.4, 0.5) is 0 Å². The molecule has 0 bridgehead atoms. The molecule has 1 aromatic heterocycles. The molecule has 0 aliphatic carbocycles. The summed E-state index contributed by atoms with van der Waals surface area (Å²) in [4.78, 5) is 15.7. The summed E-state index contributed by atoms with van der Waals surface area (Å²) >= 11 is 0. The van der Waals surface area contributed by atoms with Crippen LogP contribution in [0.5, 0.6) is 0 Å². The Bertz CT molecular complexity index is 611. The Morgan fingerprint density at radius 1 is 1.47 bits per heavy atom. The van der Waals surface area contributed by atoms with E-state index in [1.54, 1.807) is 18.2 Å². The first-order chi connectivity index (χ1) is 9.29. The Balaban J connectivity index is 2.02. The first-order valence-electron chi connectivity index (χ1n) is 5.62. The largest absolute Gasteiger partial charge is 0.345 e. The van der Waals surface area contributed by atoms with Gasteiger partial charge in [0.25, 0.3) is 5.91 Å². The highest BCUT2D eigenvalue weighted by Crippen LogP contribution is 2.04. The van der Waals surface area contributed by atoms with Gasteiger partial charge in [0, 0.05) is 11.1 Å². The number of nitrogens with two attached hydrogens (primary N) is 1. The molecule has 0 spiro atoms. The van der Waals surface area contributed by atoms with Crippen molar-refractivity contribution in [1.29, 1.82) is 0 Å². The van der Waals surface area contributed by atoms with Gasteiger partial charge in [-0.1, -0.05) is 23.1 Å². The molecule has 0 atom stereocenters. The van der Waals surface area contributed by atoms with Crippen molar-refractivity contribution in [2.75, 3.05) is 6.54 Å². The van der Waals surface area contributed by atoms with Gasteiger partial charge < -0.3 is 15.6 Å². The highest BCUT2D eigenvalue weighted by atomic mass is 16.5. The molecule has 0 aliphatic heterocycles. The molecular formula is C13H12N4O2. The van der Waals surface area contributed by atoms with Crippen LogP contribution in [0.15, 0.2) is 35.2 Å². The van der Waals surface area contributed by atoms with Crippen LogP contribution in [0.3, 0.4) is 0 Å². The molecule has 3 N–H and O–H groups in total. The van der Waals surface area contributed by atoms with E-state index < -0.39 is 0 Å². The van der Waals surface area contributed by atoms with Gasteiger partial charge in [-0.15, -0.1) is 0 Å². The fraction of sp³-hybridized carbons (Fsp3) is 0.154. The Morgan fingerprint density at radius 3 is 3.11 bits per heavy atom. The molecule has 96 valence electrons. The minimum absolute atomic E-state index is 0.216. The summed E-state index contributed by atoms with van der Waals surface area (Å²) in [6, 6.07) is 7.00. The molecule has 1 heterocycles. The Hall–Kier alpha value is -2.65. The fourth-order valence-corrected chi connectivity index (χ4v) is 1.42. The molecule has 0 unspecified atom stereocenters. The molecule has 1 aromatic carbocycles. The van der Waals surface area contributed by atoms with E-state index >= 15 is 0 Å². The highest BCUT2D eigenvalue weighted by molar-refractivity contribution is 5.94. The number of amides is 1. The molecule has 0 saturated heterocycles. The normalized spacial score (nSPS) is 9.53. The lowest BCUT2D eigenvalue weighted by Gasteiger charge is -2.02. The number of rotatable bonds is 3. The number of nitrogens with zero attached hydrogens (tertiary/aromatic N) is 2. The van der Waals surface area contributed by atoms with Crippen LogP contribution in [0, 0.1) is 11.8 Å². The summed E-state index contributed by atoms with van der Waals surface area (Å²) in [7, 11) is 0. The number of benzene rings is 1. The van der Waals surface area contributed by atoms with Crippen LogP contribution in [0.2, 0.25) is 0 Å². The van der Waals surface area contributed by atoms with Crippen molar-refractivity contribution in [2.45, 2.75) is 6.54 Å². The average Bonchev–Trinajstić information content (AvgIpc) is 2.96. The first kappa shape index (κ1) is 12.8. The zero-order valence-electron chi connectivity index (χ0n) is 10.1. The maximum Gasteiger partial charge on any atom is 0.251 e. The van der Waals surface area contributed by atoms with Gasteiger partial charge in [0.1, 0.15) is 0 Å². The molecule has 6 heteroatoms. The van der Waals surface area contributed by atoms with Crippen LogP contribution in [-0.4, -0.2) is 22.6 Å². The minimum atomic E-state index is -0.221. The summed E-state index contributed by atoms with van der Waals surface area (Å²) in [5, 5.41) is 6.29. The summed E-state index contributed by atoms with van der Waals surface area (Å²) in [5.41, 5.74) is 6.57. The third-order valence-electron chi connectivity index (χ3n) is 2.27. The van der Waals surface area contributed by atoms with Crippen molar-refractivity contribution in [1.82, 2.24) is 15.5 Å². The topological polar surface area (TPSA) is 94.0 Å². The Morgan fingerprint density at radius 2 is 2.37 bits per heavy atom. The van der Waals surface area contributed by atoms with E-state index in [0.29, 0.717) is 11.4 Å². The number of nitrogens with one attached hydrogen (secondary N) is 1. The molecule has 1 amide bonds. The van der Waals surface area contributed by atoms with E-state index in [4.69, 9.17) is 5.73 Å². The van der Waals surface area contributed by atoms with Crippen LogP contribution in [-0.2, 0) is 6.54 Å². The van der Waals surface area contributed by atoms with Crippen LogP contribution < -0.4 is 11.1 Å². The summed E-state index contributed by atoms with van der Waals surface area (Å²) in [6.45, 7) is 0.502. The lowest BCUT2D eigenvalue weighted by atomic mass is 10.1. The SMILES string of the molecule is NCC#Cc1cccc(C(=O)NCc2ncon2)c1. The van der Waals surface area contributed by atoms with Crippen LogP contribution in [0.1, 0.15) is 21.7 Å². The van der Waals surface area contributed by atoms with E-state index in [1.165, 1.54) is 6.39 Å². The van der Waals surface area contributed by atoms with Crippen molar-refractivity contribution >= 4 is 5.91 Å². The van der Waals surface area contributed by atoms with Crippen LogP contribution in [0.25, 0.3) is 0 Å². The van der Waals surface area contributed by atoms with E-state index in [0.717, 1.165) is 5.56 Å². The molecule has 2 rings (SSSR count). The molecule has 0 fully saturated rings. The number of hydrogen-bond acceptors (Lipinski definition) is 5. The predicted octanol–water partition coefficient (Wildman–Crippen LogP) is 0.310. The van der Waals surface area contributed by atoms with Gasteiger partial charge in [0.05, 0.1) is 13.1 Å². The summed E-state index contributed by atoms with van der Waals surface area (Å²) in [5.74, 6) is 5.82. The van der Waals surface area contributed by atoms with E-state index in [-0.39, 0.29) is 19.0 Å². The van der Waals surface area contributed by atoms with Gasteiger partial charge in [-0.3, -0.25) is 4.79 Å². The smallest absolute Gasteiger partial charge is 0.251 e. The second-order valence-electron chi connectivity index (χ2n) is 3.62. The number of hydrogen-bond donors (Lipinski definition) is 2. The lowest BCUT2D eigenvalue weighted by molar-refractivity contribution is 0.0949. The fourth-order valence-electron chi connectivity index (χ4n) is 1.42. The quantitative estimate of drug-likeness (QED) is 0.771. The molecule has 2 aromatic rings. The first-order valence-corrected chi connectivity index (χ1v) is 5.62. The van der Waals surface area contributed by atoms with Crippen molar-refractivity contribution in [2.24, 2.45) is 5.73 Å². The maximum absolute atomic E-state index is 11.9. The van der Waals surface area contributed by atoms with Crippen molar-refractivity contribution in [3.8, 4) is 11.8 Å². The van der Waals surface area contributed by atoms with E-state index in [1.807, 2.05) is 6.07 Å². The van der Waals surface area contributed by atoms with Gasteiger partial charge in [-0.05, 0) is 18.2 Å². The minimum Gasteiger partial charge on any atom is -0.345 e. The zero-order chi connectivity index (χ0) is 13.5. The van der Waals surface area contributed by atoms with Crippen molar-refractivity contribution in [3.05, 3.63) is 47.6 Å². The van der Waals surface area contributed by atoms with E-state index in [2.05, 4.69) is 31.8 Å². The molecule has 0 saturated carbocycles. The van der Waals surface area contributed by atoms with Gasteiger partial charge in [0.15, 0.2) is 5.82 Å². The van der Waals surface area contributed by atoms with Gasteiger partial charge in [0.2, 0.25) is 6.39 Å². The van der Waals surface area contributed by atoms with Gasteiger partial charge in [-0.2, -0.15) is 4.98 Å². The molecule has 6 nitrogen and oxygen atoms in total. The zero-order valence-corrected chi connectivity index (χ0v) is 10.1. The summed E-state index contributed by atoms with van der Waals surface area (Å²) < 4.78 is 4.57. The second kappa shape index (κ2) is 6.33. The second-order valence-corrected chi connectivity index (χ2v) is 3.62.